The lowest BCUT2D eigenvalue weighted by atomic mass is 10.0. The fourth-order valence-corrected chi connectivity index (χ4v) is 2.00. The van der Waals surface area contributed by atoms with Crippen molar-refractivity contribution in [3.8, 4) is 0 Å². The molecule has 0 aliphatic rings. The van der Waals surface area contributed by atoms with Gasteiger partial charge in [-0.15, -0.1) is 0 Å². The third kappa shape index (κ3) is 4.43. The smallest absolute Gasteiger partial charge is 0.332 e. The van der Waals surface area contributed by atoms with E-state index in [1.165, 1.54) is 17.2 Å². The van der Waals surface area contributed by atoms with Crippen molar-refractivity contribution in [2.75, 3.05) is 11.9 Å². The summed E-state index contributed by atoms with van der Waals surface area (Å²) in [6, 6.07) is 6.30. The topological polar surface area (TPSA) is 38.3 Å². The van der Waals surface area contributed by atoms with E-state index >= 15 is 0 Å². The maximum atomic E-state index is 11.4. The van der Waals surface area contributed by atoms with Gasteiger partial charge in [0.25, 0.3) is 0 Å². The standard InChI is InChI=1S/C16H23NO2/c1-5-13-9-8-10-14(6-2)16(13)17-12(4)11-15(18)19-7-3/h8-11,17H,5-7H2,1-4H3/b12-11-. The van der Waals surface area contributed by atoms with Gasteiger partial charge in [0.05, 0.1) is 6.61 Å². The van der Waals surface area contributed by atoms with Gasteiger partial charge in [-0.2, -0.15) is 0 Å². The summed E-state index contributed by atoms with van der Waals surface area (Å²) >= 11 is 0. The van der Waals surface area contributed by atoms with Crippen LogP contribution in [0.2, 0.25) is 0 Å². The Morgan fingerprint density at radius 3 is 2.26 bits per heavy atom. The zero-order valence-electron chi connectivity index (χ0n) is 12.2. The molecule has 0 fully saturated rings. The van der Waals surface area contributed by atoms with Gasteiger partial charge in [-0.05, 0) is 37.8 Å². The van der Waals surface area contributed by atoms with Gasteiger partial charge in [-0.3, -0.25) is 0 Å². The minimum absolute atomic E-state index is 0.306. The molecule has 0 saturated heterocycles. The number of esters is 1. The third-order valence-corrected chi connectivity index (χ3v) is 2.94. The monoisotopic (exact) mass is 261 g/mol. The zero-order chi connectivity index (χ0) is 14.3. The molecule has 0 amide bonds. The number of carbonyl (C=O) groups is 1. The van der Waals surface area contributed by atoms with E-state index in [2.05, 4.69) is 37.4 Å². The highest BCUT2D eigenvalue weighted by molar-refractivity contribution is 5.83. The number of rotatable bonds is 6. The minimum atomic E-state index is -0.306. The molecule has 0 radical (unpaired) electrons. The van der Waals surface area contributed by atoms with E-state index in [-0.39, 0.29) is 5.97 Å². The molecule has 0 aromatic heterocycles. The first-order valence-corrected chi connectivity index (χ1v) is 6.85. The summed E-state index contributed by atoms with van der Waals surface area (Å²) in [7, 11) is 0. The Morgan fingerprint density at radius 1 is 1.21 bits per heavy atom. The van der Waals surface area contributed by atoms with Gasteiger partial charge in [0.1, 0.15) is 0 Å². The van der Waals surface area contributed by atoms with Gasteiger partial charge in [-0.1, -0.05) is 32.0 Å². The predicted octanol–water partition coefficient (Wildman–Crippen LogP) is 3.69. The lowest BCUT2D eigenvalue weighted by Crippen LogP contribution is -2.07. The molecule has 0 heterocycles. The van der Waals surface area contributed by atoms with Gasteiger partial charge in [-0.25, -0.2) is 4.79 Å². The highest BCUT2D eigenvalue weighted by atomic mass is 16.5. The van der Waals surface area contributed by atoms with E-state index in [9.17, 15) is 4.79 Å². The number of hydrogen-bond acceptors (Lipinski definition) is 3. The largest absolute Gasteiger partial charge is 0.463 e. The summed E-state index contributed by atoms with van der Waals surface area (Å²) in [4.78, 5) is 11.4. The fourth-order valence-electron chi connectivity index (χ4n) is 2.00. The molecule has 104 valence electrons. The molecule has 1 rings (SSSR count). The van der Waals surface area contributed by atoms with E-state index in [0.29, 0.717) is 6.61 Å². The molecule has 3 nitrogen and oxygen atoms in total. The molecule has 19 heavy (non-hydrogen) atoms. The van der Waals surface area contributed by atoms with Crippen molar-refractivity contribution in [3.63, 3.8) is 0 Å². The van der Waals surface area contributed by atoms with Crippen LogP contribution in [-0.4, -0.2) is 12.6 Å². The minimum Gasteiger partial charge on any atom is -0.463 e. The Hall–Kier alpha value is -1.77. The van der Waals surface area contributed by atoms with Crippen LogP contribution in [0.4, 0.5) is 5.69 Å². The van der Waals surface area contributed by atoms with Crippen LogP contribution in [0, 0.1) is 0 Å². The molecule has 0 aliphatic heterocycles. The first-order valence-electron chi connectivity index (χ1n) is 6.85. The molecule has 3 heteroatoms. The highest BCUT2D eigenvalue weighted by Gasteiger charge is 2.07. The number of carbonyl (C=O) groups excluding carboxylic acids is 1. The molecule has 0 atom stereocenters. The van der Waals surface area contributed by atoms with Gasteiger partial charge >= 0.3 is 5.97 Å². The Bertz CT molecular complexity index is 442. The summed E-state index contributed by atoms with van der Waals surface area (Å²) in [5, 5.41) is 3.33. The summed E-state index contributed by atoms with van der Waals surface area (Å²) in [5.74, 6) is -0.306. The average molecular weight is 261 g/mol. The van der Waals surface area contributed by atoms with Crippen LogP contribution in [0.25, 0.3) is 0 Å². The number of aryl methyl sites for hydroxylation is 2. The van der Waals surface area contributed by atoms with Crippen molar-refractivity contribution in [3.05, 3.63) is 41.1 Å². The van der Waals surface area contributed by atoms with Crippen molar-refractivity contribution in [2.24, 2.45) is 0 Å². The Kier molecular flexibility index (Phi) is 6.13. The van der Waals surface area contributed by atoms with Gasteiger partial charge in [0, 0.05) is 17.5 Å². The molecule has 0 bridgehead atoms. The SMILES string of the molecule is CCOC(=O)/C=C(/C)Nc1c(CC)cccc1CC. The van der Waals surface area contributed by atoms with Crippen LogP contribution in [0.15, 0.2) is 30.0 Å². The lowest BCUT2D eigenvalue weighted by Gasteiger charge is -2.15. The predicted molar refractivity (Wildman–Crippen MR) is 79.2 cm³/mol. The van der Waals surface area contributed by atoms with E-state index in [1.807, 2.05) is 6.92 Å². The summed E-state index contributed by atoms with van der Waals surface area (Å²) in [6.45, 7) is 8.34. The van der Waals surface area contributed by atoms with Crippen LogP contribution >= 0.6 is 0 Å². The second kappa shape index (κ2) is 7.62. The number of para-hydroxylation sites is 1. The molecular formula is C16H23NO2. The van der Waals surface area contributed by atoms with Crippen LogP contribution in [0.1, 0.15) is 38.8 Å². The number of anilines is 1. The zero-order valence-corrected chi connectivity index (χ0v) is 12.2. The number of ether oxygens (including phenoxy) is 1. The number of nitrogens with one attached hydrogen (secondary N) is 1. The second-order valence-electron chi connectivity index (χ2n) is 4.36. The number of hydrogen-bond donors (Lipinski definition) is 1. The lowest BCUT2D eigenvalue weighted by molar-refractivity contribution is -0.137. The fraction of sp³-hybridized carbons (Fsp3) is 0.438. The van der Waals surface area contributed by atoms with Crippen LogP contribution in [0.5, 0.6) is 0 Å². The van der Waals surface area contributed by atoms with E-state index < -0.39 is 0 Å². The maximum absolute atomic E-state index is 11.4. The molecule has 0 aliphatic carbocycles. The van der Waals surface area contributed by atoms with Gasteiger partial charge in [0.2, 0.25) is 0 Å². The summed E-state index contributed by atoms with van der Waals surface area (Å²) in [5.41, 5.74) is 4.44. The number of allylic oxidation sites excluding steroid dienone is 1. The van der Waals surface area contributed by atoms with E-state index in [0.717, 1.165) is 24.2 Å². The summed E-state index contributed by atoms with van der Waals surface area (Å²) in [6.07, 6.45) is 3.42. The van der Waals surface area contributed by atoms with Crippen molar-refractivity contribution >= 4 is 11.7 Å². The quantitative estimate of drug-likeness (QED) is 0.627. The molecular weight excluding hydrogens is 238 g/mol. The third-order valence-electron chi connectivity index (χ3n) is 2.94. The van der Waals surface area contributed by atoms with Crippen molar-refractivity contribution in [1.82, 2.24) is 0 Å². The molecule has 0 unspecified atom stereocenters. The van der Waals surface area contributed by atoms with Crippen LogP contribution < -0.4 is 5.32 Å². The molecule has 0 spiro atoms. The first-order chi connectivity index (χ1) is 9.12. The van der Waals surface area contributed by atoms with Gasteiger partial charge < -0.3 is 10.1 Å². The normalized spacial score (nSPS) is 11.3. The first kappa shape index (κ1) is 15.3. The van der Waals surface area contributed by atoms with Crippen LogP contribution in [-0.2, 0) is 22.4 Å². The number of benzene rings is 1. The van der Waals surface area contributed by atoms with Crippen molar-refractivity contribution < 1.29 is 9.53 Å². The van der Waals surface area contributed by atoms with Crippen molar-refractivity contribution in [1.29, 1.82) is 0 Å². The Morgan fingerprint density at radius 2 is 1.79 bits per heavy atom. The molecule has 1 aromatic rings. The Labute approximate surface area is 115 Å². The molecule has 0 saturated carbocycles. The average Bonchev–Trinajstić information content (AvgIpc) is 2.39. The van der Waals surface area contributed by atoms with Crippen LogP contribution in [0.3, 0.4) is 0 Å². The van der Waals surface area contributed by atoms with E-state index in [4.69, 9.17) is 4.74 Å². The second-order valence-corrected chi connectivity index (χ2v) is 4.36. The van der Waals surface area contributed by atoms with E-state index in [1.54, 1.807) is 6.92 Å². The molecule has 1 aromatic carbocycles. The summed E-state index contributed by atoms with van der Waals surface area (Å²) < 4.78 is 4.91. The molecule has 1 N–H and O–H groups in total. The maximum Gasteiger partial charge on any atom is 0.332 e. The van der Waals surface area contributed by atoms with Gasteiger partial charge in [0.15, 0.2) is 0 Å². The Balaban J connectivity index is 2.95. The van der Waals surface area contributed by atoms with Crippen molar-refractivity contribution in [2.45, 2.75) is 40.5 Å². The highest BCUT2D eigenvalue weighted by Crippen LogP contribution is 2.23.